The lowest BCUT2D eigenvalue weighted by atomic mass is 9.84. The van der Waals surface area contributed by atoms with Crippen LogP contribution in [0.2, 0.25) is 5.02 Å². The highest BCUT2D eigenvalue weighted by atomic mass is 35.5. The molecule has 148 valence electrons. The van der Waals surface area contributed by atoms with Gasteiger partial charge in [0.05, 0.1) is 0 Å². The molecule has 4 rings (SSSR count). The molecule has 2 amide bonds. The normalized spacial score (nSPS) is 29.7. The highest BCUT2D eigenvalue weighted by Gasteiger charge is 2.47. The number of rotatable bonds is 3. The van der Waals surface area contributed by atoms with Crippen molar-refractivity contribution in [1.29, 1.82) is 0 Å². The van der Waals surface area contributed by atoms with Gasteiger partial charge in [-0.05, 0) is 56.3 Å². The third kappa shape index (κ3) is 4.25. The first-order valence-electron chi connectivity index (χ1n) is 9.73. The molecule has 1 aromatic rings. The van der Waals surface area contributed by atoms with E-state index in [4.69, 9.17) is 11.6 Å². The molecule has 1 aliphatic carbocycles. The fourth-order valence-electron chi connectivity index (χ4n) is 4.83. The number of nitrogens with one attached hydrogen (secondary N) is 2. The number of carbonyl (C=O) groups excluding carboxylic acids is 2. The highest BCUT2D eigenvalue weighted by molar-refractivity contribution is 6.31. The van der Waals surface area contributed by atoms with Gasteiger partial charge in [0.25, 0.3) is 5.91 Å². The van der Waals surface area contributed by atoms with Crippen molar-refractivity contribution in [3.8, 4) is 0 Å². The number of likely N-dealkylation sites (tertiary alicyclic amines) is 1. The highest BCUT2D eigenvalue weighted by Crippen LogP contribution is 2.40. The summed E-state index contributed by atoms with van der Waals surface area (Å²) < 4.78 is 0. The molecule has 0 bridgehead atoms. The molecule has 3 fully saturated rings. The van der Waals surface area contributed by atoms with Crippen LogP contribution in [0.15, 0.2) is 24.3 Å². The van der Waals surface area contributed by atoms with Gasteiger partial charge in [0, 0.05) is 29.2 Å². The average Bonchev–Trinajstić information content (AvgIpc) is 3.28. The molecule has 2 N–H and O–H groups in total. The van der Waals surface area contributed by atoms with Gasteiger partial charge in [-0.2, -0.15) is 0 Å². The van der Waals surface area contributed by atoms with E-state index < -0.39 is 0 Å². The number of benzene rings is 1. The quantitative estimate of drug-likeness (QED) is 0.803. The fraction of sp³-hybridized carbons (Fsp3) is 0.600. The van der Waals surface area contributed by atoms with E-state index >= 15 is 0 Å². The summed E-state index contributed by atoms with van der Waals surface area (Å²) in [7, 11) is 0. The van der Waals surface area contributed by atoms with Crippen LogP contribution in [0.4, 0.5) is 0 Å². The van der Waals surface area contributed by atoms with Gasteiger partial charge in [-0.1, -0.05) is 30.5 Å². The molecule has 3 aliphatic rings. The predicted molar refractivity (Wildman–Crippen MR) is 108 cm³/mol. The zero-order valence-corrected chi connectivity index (χ0v) is 16.9. The van der Waals surface area contributed by atoms with E-state index in [1.54, 1.807) is 24.3 Å². The van der Waals surface area contributed by atoms with Gasteiger partial charge < -0.3 is 15.5 Å². The maximum absolute atomic E-state index is 13.3. The molecule has 1 aromatic carbocycles. The summed E-state index contributed by atoms with van der Waals surface area (Å²) in [5.74, 6) is 0.374. The molecular weight excluding hydrogens is 385 g/mol. The Kier molecular flexibility index (Phi) is 6.66. The standard InChI is InChI=1S/C20H26ClN3O2.ClH/c21-15-6-3-5-14(10-15)20(26)24-17-7-2-1-4-13(17)11-18(24)19(25)23-16-8-9-22-12-16;/h3,5-6,10,13,16-18,22H,1-2,4,7-9,11-12H2,(H,23,25);1H. The lowest BCUT2D eigenvalue weighted by molar-refractivity contribution is -0.125. The van der Waals surface area contributed by atoms with E-state index in [9.17, 15) is 9.59 Å². The van der Waals surface area contributed by atoms with Crippen molar-refractivity contribution >= 4 is 35.8 Å². The second kappa shape index (κ2) is 8.80. The number of hydrogen-bond donors (Lipinski definition) is 2. The van der Waals surface area contributed by atoms with Crippen LogP contribution < -0.4 is 10.6 Å². The molecule has 5 nitrogen and oxygen atoms in total. The van der Waals surface area contributed by atoms with E-state index in [1.165, 1.54) is 6.42 Å². The molecule has 2 heterocycles. The molecule has 0 spiro atoms. The monoisotopic (exact) mass is 411 g/mol. The van der Waals surface area contributed by atoms with Crippen LogP contribution in [0.3, 0.4) is 0 Å². The summed E-state index contributed by atoms with van der Waals surface area (Å²) in [6.45, 7) is 1.75. The summed E-state index contributed by atoms with van der Waals surface area (Å²) in [4.78, 5) is 28.1. The van der Waals surface area contributed by atoms with Gasteiger partial charge in [-0.3, -0.25) is 9.59 Å². The molecule has 0 radical (unpaired) electrons. The Morgan fingerprint density at radius 3 is 2.74 bits per heavy atom. The predicted octanol–water partition coefficient (Wildman–Crippen LogP) is 3.01. The molecule has 2 saturated heterocycles. The van der Waals surface area contributed by atoms with E-state index in [0.717, 1.165) is 45.2 Å². The van der Waals surface area contributed by atoms with Gasteiger partial charge in [-0.15, -0.1) is 12.4 Å². The van der Waals surface area contributed by atoms with Crippen molar-refractivity contribution in [2.24, 2.45) is 5.92 Å². The molecule has 7 heteroatoms. The van der Waals surface area contributed by atoms with Gasteiger partial charge >= 0.3 is 0 Å². The van der Waals surface area contributed by atoms with Crippen molar-refractivity contribution in [1.82, 2.24) is 15.5 Å². The van der Waals surface area contributed by atoms with E-state index in [2.05, 4.69) is 10.6 Å². The minimum absolute atomic E-state index is 0. The molecule has 0 aromatic heterocycles. The van der Waals surface area contributed by atoms with Crippen LogP contribution in [-0.2, 0) is 4.79 Å². The number of fused-ring (bicyclic) bond motifs is 1. The zero-order valence-electron chi connectivity index (χ0n) is 15.3. The topological polar surface area (TPSA) is 61.4 Å². The minimum atomic E-state index is -0.366. The summed E-state index contributed by atoms with van der Waals surface area (Å²) in [6.07, 6.45) is 6.16. The lowest BCUT2D eigenvalue weighted by Gasteiger charge is -2.34. The number of hydrogen-bond acceptors (Lipinski definition) is 3. The van der Waals surface area contributed by atoms with Crippen LogP contribution in [-0.4, -0.2) is 47.9 Å². The number of halogens is 2. The van der Waals surface area contributed by atoms with E-state index in [1.807, 2.05) is 4.90 Å². The number of nitrogens with zero attached hydrogens (tertiary/aromatic N) is 1. The third-order valence-electron chi connectivity index (χ3n) is 6.10. The summed E-state index contributed by atoms with van der Waals surface area (Å²) >= 11 is 6.09. The maximum Gasteiger partial charge on any atom is 0.254 e. The van der Waals surface area contributed by atoms with E-state index in [-0.39, 0.29) is 42.3 Å². The van der Waals surface area contributed by atoms with Gasteiger partial charge in [0.2, 0.25) is 5.91 Å². The average molecular weight is 412 g/mol. The second-order valence-corrected chi connectivity index (χ2v) is 8.22. The summed E-state index contributed by atoms with van der Waals surface area (Å²) in [5.41, 5.74) is 0.573. The Morgan fingerprint density at radius 1 is 1.19 bits per heavy atom. The van der Waals surface area contributed by atoms with Gasteiger partial charge in [0.1, 0.15) is 6.04 Å². The second-order valence-electron chi connectivity index (χ2n) is 7.78. The Morgan fingerprint density at radius 2 is 2.00 bits per heavy atom. The Balaban J connectivity index is 0.00000210. The maximum atomic E-state index is 13.3. The molecule has 4 atom stereocenters. The van der Waals surface area contributed by atoms with Crippen molar-refractivity contribution in [2.45, 2.75) is 56.7 Å². The molecule has 27 heavy (non-hydrogen) atoms. The summed E-state index contributed by atoms with van der Waals surface area (Å²) in [6, 6.07) is 7.04. The van der Waals surface area contributed by atoms with Crippen molar-refractivity contribution in [2.75, 3.05) is 13.1 Å². The van der Waals surface area contributed by atoms with Gasteiger partial charge in [0.15, 0.2) is 0 Å². The molecular formula is C20H27Cl2N3O2. The van der Waals surface area contributed by atoms with E-state index in [0.29, 0.717) is 16.5 Å². The van der Waals surface area contributed by atoms with Crippen LogP contribution in [0.1, 0.15) is 48.9 Å². The van der Waals surface area contributed by atoms with Crippen LogP contribution in [0.25, 0.3) is 0 Å². The molecule has 2 aliphatic heterocycles. The first-order chi connectivity index (χ1) is 12.6. The fourth-order valence-corrected chi connectivity index (χ4v) is 5.02. The third-order valence-corrected chi connectivity index (χ3v) is 6.34. The SMILES string of the molecule is Cl.O=C(NC1CCNC1)C1CC2CCCCC2N1C(=O)c1cccc(Cl)c1. The summed E-state index contributed by atoms with van der Waals surface area (Å²) in [5, 5.41) is 6.98. The van der Waals surface area contributed by atoms with Crippen LogP contribution in [0.5, 0.6) is 0 Å². The zero-order chi connectivity index (χ0) is 18.1. The number of carbonyl (C=O) groups is 2. The Hall–Kier alpha value is -1.30. The first kappa shape index (κ1) is 20.4. The van der Waals surface area contributed by atoms with Gasteiger partial charge in [-0.25, -0.2) is 0 Å². The Labute approximate surface area is 171 Å². The molecule has 4 unspecified atom stereocenters. The smallest absolute Gasteiger partial charge is 0.254 e. The lowest BCUT2D eigenvalue weighted by Crippen LogP contribution is -2.51. The first-order valence-corrected chi connectivity index (χ1v) is 10.1. The van der Waals surface area contributed by atoms with Crippen LogP contribution >= 0.6 is 24.0 Å². The van der Waals surface area contributed by atoms with Crippen molar-refractivity contribution in [3.05, 3.63) is 34.9 Å². The van der Waals surface area contributed by atoms with Crippen molar-refractivity contribution < 1.29 is 9.59 Å². The minimum Gasteiger partial charge on any atom is -0.350 e. The van der Waals surface area contributed by atoms with Crippen LogP contribution in [0, 0.1) is 5.92 Å². The van der Waals surface area contributed by atoms with Crippen molar-refractivity contribution in [3.63, 3.8) is 0 Å². The Bertz CT molecular complexity index is 694. The number of amides is 2. The largest absolute Gasteiger partial charge is 0.350 e. The molecule has 1 saturated carbocycles.